The molecule has 2 unspecified atom stereocenters. The summed E-state index contributed by atoms with van der Waals surface area (Å²) >= 11 is 12.0. The Labute approximate surface area is 110 Å². The summed E-state index contributed by atoms with van der Waals surface area (Å²) in [6.45, 7) is 0. The number of furan rings is 1. The lowest BCUT2D eigenvalue weighted by atomic mass is 10.0. The van der Waals surface area contributed by atoms with Crippen LogP contribution in [0.5, 0.6) is 0 Å². The van der Waals surface area contributed by atoms with Gasteiger partial charge in [-0.15, -0.1) is 11.6 Å². The summed E-state index contributed by atoms with van der Waals surface area (Å²) < 4.78 is 4.98. The maximum Gasteiger partial charge on any atom is 0.259 e. The minimum atomic E-state index is -0.0141. The van der Waals surface area contributed by atoms with Crippen molar-refractivity contribution < 1.29 is 9.21 Å². The van der Waals surface area contributed by atoms with Gasteiger partial charge in [-0.05, 0) is 43.4 Å². The fourth-order valence-corrected chi connectivity index (χ4v) is 3.63. The maximum atomic E-state index is 12.4. The number of fused-ring (bicyclic) bond motifs is 2. The smallest absolute Gasteiger partial charge is 0.259 e. The molecule has 5 heteroatoms. The number of alkyl halides is 1. The zero-order chi connectivity index (χ0) is 12.0. The molecule has 0 N–H and O–H groups in total. The zero-order valence-electron chi connectivity index (χ0n) is 9.23. The molecule has 1 aromatic heterocycles. The van der Waals surface area contributed by atoms with E-state index < -0.39 is 0 Å². The van der Waals surface area contributed by atoms with E-state index in [0.717, 1.165) is 25.7 Å². The molecule has 92 valence electrons. The highest BCUT2D eigenvalue weighted by molar-refractivity contribution is 6.32. The molecule has 2 aliphatic heterocycles. The van der Waals surface area contributed by atoms with E-state index >= 15 is 0 Å². The van der Waals surface area contributed by atoms with E-state index in [1.165, 1.54) is 6.26 Å². The lowest BCUT2D eigenvalue weighted by Crippen LogP contribution is -2.46. The van der Waals surface area contributed by atoms with Gasteiger partial charge in [-0.1, -0.05) is 0 Å². The van der Waals surface area contributed by atoms with E-state index in [4.69, 9.17) is 27.6 Å². The lowest BCUT2D eigenvalue weighted by Gasteiger charge is -2.36. The van der Waals surface area contributed by atoms with Gasteiger partial charge in [0.05, 0.1) is 11.8 Å². The topological polar surface area (TPSA) is 33.5 Å². The number of halogens is 2. The third-order valence-corrected chi connectivity index (χ3v) is 4.41. The molecule has 2 saturated heterocycles. The predicted octanol–water partition coefficient (Wildman–Crippen LogP) is 3.31. The van der Waals surface area contributed by atoms with Crippen molar-refractivity contribution in [3.05, 3.63) is 23.1 Å². The number of hydrogen-bond acceptors (Lipinski definition) is 2. The van der Waals surface area contributed by atoms with E-state index in [0.29, 0.717) is 5.56 Å². The summed E-state index contributed by atoms with van der Waals surface area (Å²) in [5, 5.41) is 0.388. The van der Waals surface area contributed by atoms with Crippen molar-refractivity contribution in [2.24, 2.45) is 0 Å². The second-order valence-corrected chi connectivity index (χ2v) is 5.73. The molecule has 3 nitrogen and oxygen atoms in total. The highest BCUT2D eigenvalue weighted by Crippen LogP contribution is 2.39. The predicted molar refractivity (Wildman–Crippen MR) is 65.6 cm³/mol. The van der Waals surface area contributed by atoms with E-state index in [-0.39, 0.29) is 28.6 Å². The first kappa shape index (κ1) is 11.4. The van der Waals surface area contributed by atoms with Crippen LogP contribution < -0.4 is 0 Å². The molecule has 1 aromatic rings. The van der Waals surface area contributed by atoms with Crippen LogP contribution >= 0.6 is 23.2 Å². The molecule has 2 bridgehead atoms. The Morgan fingerprint density at radius 2 is 2.00 bits per heavy atom. The third-order valence-electron chi connectivity index (χ3n) is 3.76. The Morgan fingerprint density at radius 3 is 2.53 bits per heavy atom. The first-order valence-corrected chi connectivity index (χ1v) is 6.68. The molecule has 2 aliphatic rings. The molecule has 0 aromatic carbocycles. The van der Waals surface area contributed by atoms with Gasteiger partial charge in [-0.25, -0.2) is 0 Å². The van der Waals surface area contributed by atoms with Crippen LogP contribution in [-0.4, -0.2) is 28.3 Å². The molecule has 2 atom stereocenters. The maximum absolute atomic E-state index is 12.4. The van der Waals surface area contributed by atoms with Gasteiger partial charge in [-0.2, -0.15) is 0 Å². The van der Waals surface area contributed by atoms with Gasteiger partial charge in [0.2, 0.25) is 5.22 Å². The minimum Gasteiger partial charge on any atom is -0.452 e. The average Bonchev–Trinajstić information content (AvgIpc) is 2.81. The van der Waals surface area contributed by atoms with Gasteiger partial charge < -0.3 is 9.32 Å². The molecular weight excluding hydrogens is 261 g/mol. The number of carbonyl (C=O) groups excluding carboxylic acids is 1. The number of nitrogens with zero attached hydrogens (tertiary/aromatic N) is 1. The fraction of sp³-hybridized carbons (Fsp3) is 0.583. The number of amides is 1. The number of carbonyl (C=O) groups is 1. The molecule has 3 rings (SSSR count). The normalized spacial score (nSPS) is 31.9. The highest BCUT2D eigenvalue weighted by atomic mass is 35.5. The molecule has 1 amide bonds. The van der Waals surface area contributed by atoms with Gasteiger partial charge in [-0.3, -0.25) is 4.79 Å². The SMILES string of the molecule is O=C(c1ccoc1Cl)N1C2CCC1CC(Cl)C2. The summed E-state index contributed by atoms with van der Waals surface area (Å²) in [7, 11) is 0. The quantitative estimate of drug-likeness (QED) is 0.736. The molecule has 0 saturated carbocycles. The van der Waals surface area contributed by atoms with Crippen LogP contribution in [0.25, 0.3) is 0 Å². The molecular formula is C12H13Cl2NO2. The number of rotatable bonds is 1. The minimum absolute atomic E-state index is 0.0141. The van der Waals surface area contributed by atoms with E-state index in [1.807, 2.05) is 4.90 Å². The second kappa shape index (κ2) is 4.21. The van der Waals surface area contributed by atoms with Crippen LogP contribution in [0.15, 0.2) is 16.7 Å². The monoisotopic (exact) mass is 273 g/mol. The fourth-order valence-electron chi connectivity index (χ4n) is 3.03. The van der Waals surface area contributed by atoms with Gasteiger partial charge in [0.15, 0.2) is 0 Å². The summed E-state index contributed by atoms with van der Waals surface area (Å²) in [4.78, 5) is 14.3. The Hall–Kier alpha value is -0.670. The van der Waals surface area contributed by atoms with E-state index in [1.54, 1.807) is 6.07 Å². The van der Waals surface area contributed by atoms with Crippen molar-refractivity contribution in [1.82, 2.24) is 4.90 Å². The Balaban J connectivity index is 1.86. The van der Waals surface area contributed by atoms with Gasteiger partial charge in [0.1, 0.15) is 0 Å². The molecule has 2 fully saturated rings. The summed E-state index contributed by atoms with van der Waals surface area (Å²) in [6.07, 6.45) is 5.33. The Morgan fingerprint density at radius 1 is 1.35 bits per heavy atom. The summed E-state index contributed by atoms with van der Waals surface area (Å²) in [5.41, 5.74) is 0.469. The van der Waals surface area contributed by atoms with Crippen LogP contribution in [0.4, 0.5) is 0 Å². The standard InChI is InChI=1S/C12H13Cl2NO2/c13-7-5-8-1-2-9(6-7)15(8)12(16)10-3-4-17-11(10)14/h3-4,7-9H,1-2,5-6H2. The second-order valence-electron chi connectivity index (χ2n) is 4.77. The molecule has 17 heavy (non-hydrogen) atoms. The largest absolute Gasteiger partial charge is 0.452 e. The third kappa shape index (κ3) is 1.85. The first-order valence-electron chi connectivity index (χ1n) is 5.86. The molecule has 0 aliphatic carbocycles. The van der Waals surface area contributed by atoms with Crippen LogP contribution in [-0.2, 0) is 0 Å². The van der Waals surface area contributed by atoms with Crippen molar-refractivity contribution in [2.75, 3.05) is 0 Å². The van der Waals surface area contributed by atoms with Gasteiger partial charge in [0.25, 0.3) is 5.91 Å². The van der Waals surface area contributed by atoms with Crippen molar-refractivity contribution in [2.45, 2.75) is 43.1 Å². The average molecular weight is 274 g/mol. The van der Waals surface area contributed by atoms with Crippen molar-refractivity contribution in [3.8, 4) is 0 Å². The van der Waals surface area contributed by atoms with Crippen LogP contribution in [0.3, 0.4) is 0 Å². The number of hydrogen-bond donors (Lipinski definition) is 0. The van der Waals surface area contributed by atoms with Crippen LogP contribution in [0.1, 0.15) is 36.0 Å². The Kier molecular flexibility index (Phi) is 2.83. The summed E-state index contributed by atoms with van der Waals surface area (Å²) in [5.74, 6) is -0.0141. The Bertz CT molecular complexity index is 431. The van der Waals surface area contributed by atoms with Crippen molar-refractivity contribution in [1.29, 1.82) is 0 Å². The molecule has 0 spiro atoms. The van der Waals surface area contributed by atoms with Crippen molar-refractivity contribution >= 4 is 29.1 Å². The van der Waals surface area contributed by atoms with E-state index in [9.17, 15) is 4.79 Å². The van der Waals surface area contributed by atoms with E-state index in [2.05, 4.69) is 0 Å². The van der Waals surface area contributed by atoms with Crippen LogP contribution in [0, 0.1) is 0 Å². The first-order chi connectivity index (χ1) is 8.16. The highest BCUT2D eigenvalue weighted by Gasteiger charge is 2.43. The lowest BCUT2D eigenvalue weighted by molar-refractivity contribution is 0.0599. The van der Waals surface area contributed by atoms with Gasteiger partial charge >= 0.3 is 0 Å². The zero-order valence-corrected chi connectivity index (χ0v) is 10.7. The molecule has 3 heterocycles. The number of piperidine rings is 1. The molecule has 0 radical (unpaired) electrons. The summed E-state index contributed by atoms with van der Waals surface area (Å²) in [6, 6.07) is 2.18. The van der Waals surface area contributed by atoms with Crippen molar-refractivity contribution in [3.63, 3.8) is 0 Å². The van der Waals surface area contributed by atoms with Crippen LogP contribution in [0.2, 0.25) is 5.22 Å². The van der Waals surface area contributed by atoms with Gasteiger partial charge in [0, 0.05) is 17.5 Å².